The van der Waals surface area contributed by atoms with Crippen molar-refractivity contribution in [3.63, 3.8) is 0 Å². The van der Waals surface area contributed by atoms with E-state index in [4.69, 9.17) is 9.63 Å². The first kappa shape index (κ1) is 12.8. The zero-order chi connectivity index (χ0) is 13.9. The normalized spacial score (nSPS) is 16.0. The van der Waals surface area contributed by atoms with E-state index < -0.39 is 5.97 Å². The maximum absolute atomic E-state index is 10.6. The molecule has 1 fully saturated rings. The highest BCUT2D eigenvalue weighted by Crippen LogP contribution is 2.22. The van der Waals surface area contributed by atoms with E-state index >= 15 is 0 Å². The van der Waals surface area contributed by atoms with Crippen LogP contribution in [-0.2, 0) is 11.3 Å². The Kier molecular flexibility index (Phi) is 3.47. The fraction of sp³-hybridized carbons (Fsp3) is 0.357. The number of hydrogen-bond donors (Lipinski definition) is 1. The first-order chi connectivity index (χ1) is 9.70. The molecule has 6 heteroatoms. The Hall–Kier alpha value is -2.21. The molecule has 1 saturated heterocycles. The Labute approximate surface area is 116 Å². The van der Waals surface area contributed by atoms with Crippen LogP contribution in [0.4, 0.5) is 0 Å². The van der Waals surface area contributed by atoms with Crippen molar-refractivity contribution in [3.05, 3.63) is 36.2 Å². The summed E-state index contributed by atoms with van der Waals surface area (Å²) in [6.07, 6.45) is 0.232. The Morgan fingerprint density at radius 1 is 1.35 bits per heavy atom. The van der Waals surface area contributed by atoms with Gasteiger partial charge < -0.3 is 9.63 Å². The van der Waals surface area contributed by atoms with E-state index in [2.05, 4.69) is 15.0 Å². The topological polar surface area (TPSA) is 79.5 Å². The summed E-state index contributed by atoms with van der Waals surface area (Å²) >= 11 is 0. The van der Waals surface area contributed by atoms with Gasteiger partial charge in [0.2, 0.25) is 11.7 Å². The second-order valence-corrected chi connectivity index (χ2v) is 5.04. The zero-order valence-electron chi connectivity index (χ0n) is 10.9. The maximum Gasteiger partial charge on any atom is 0.303 e. The summed E-state index contributed by atoms with van der Waals surface area (Å²) in [7, 11) is 0. The van der Waals surface area contributed by atoms with E-state index in [0.717, 1.165) is 18.7 Å². The van der Waals surface area contributed by atoms with Crippen molar-refractivity contribution in [2.45, 2.75) is 13.0 Å². The number of carboxylic acid groups (broad SMARTS) is 1. The molecule has 0 aliphatic carbocycles. The van der Waals surface area contributed by atoms with Gasteiger partial charge in [-0.1, -0.05) is 35.5 Å². The van der Waals surface area contributed by atoms with Crippen LogP contribution < -0.4 is 0 Å². The molecule has 0 amide bonds. The highest BCUT2D eigenvalue weighted by atomic mass is 16.5. The number of carbonyl (C=O) groups is 1. The molecule has 20 heavy (non-hydrogen) atoms. The molecule has 0 bridgehead atoms. The highest BCUT2D eigenvalue weighted by molar-refractivity contribution is 5.67. The van der Waals surface area contributed by atoms with Gasteiger partial charge in [-0.15, -0.1) is 0 Å². The third-order valence-corrected chi connectivity index (χ3v) is 3.36. The highest BCUT2D eigenvalue weighted by Gasteiger charge is 2.29. The molecule has 1 aliphatic rings. The number of nitrogens with zero attached hydrogens (tertiary/aromatic N) is 3. The minimum Gasteiger partial charge on any atom is -0.481 e. The zero-order valence-corrected chi connectivity index (χ0v) is 10.9. The Balaban J connectivity index is 1.56. The molecule has 0 saturated carbocycles. The number of aliphatic carboxylic acids is 1. The van der Waals surface area contributed by atoms with E-state index in [1.807, 2.05) is 30.3 Å². The molecular formula is C14H15N3O3. The van der Waals surface area contributed by atoms with Gasteiger partial charge in [0.25, 0.3) is 0 Å². The number of rotatable bonds is 5. The molecule has 2 heterocycles. The number of carboxylic acids is 1. The van der Waals surface area contributed by atoms with E-state index in [-0.39, 0.29) is 12.3 Å². The predicted molar refractivity (Wildman–Crippen MR) is 70.8 cm³/mol. The molecule has 1 aromatic carbocycles. The van der Waals surface area contributed by atoms with Gasteiger partial charge in [-0.3, -0.25) is 9.69 Å². The lowest BCUT2D eigenvalue weighted by Crippen LogP contribution is -2.46. The molecule has 104 valence electrons. The minimum absolute atomic E-state index is 0.232. The predicted octanol–water partition coefficient (Wildman–Crippen LogP) is 1.64. The van der Waals surface area contributed by atoms with Crippen LogP contribution in [0.3, 0.4) is 0 Å². The Morgan fingerprint density at radius 2 is 2.10 bits per heavy atom. The standard InChI is InChI=1S/C14H15N3O3/c18-13(19)6-10-7-17(8-10)9-12-15-14(16-20-12)11-4-2-1-3-5-11/h1-5,10H,6-9H2,(H,18,19). The molecule has 0 atom stereocenters. The third-order valence-electron chi connectivity index (χ3n) is 3.36. The van der Waals surface area contributed by atoms with Crippen molar-refractivity contribution in [3.8, 4) is 11.4 Å². The Bertz CT molecular complexity index is 591. The van der Waals surface area contributed by atoms with Crippen molar-refractivity contribution < 1.29 is 14.4 Å². The summed E-state index contributed by atoms with van der Waals surface area (Å²) in [6.45, 7) is 2.13. The average Bonchev–Trinajstić information content (AvgIpc) is 2.85. The van der Waals surface area contributed by atoms with Crippen molar-refractivity contribution in [2.75, 3.05) is 13.1 Å². The summed E-state index contributed by atoms with van der Waals surface area (Å²) in [5.74, 6) is 0.656. The van der Waals surface area contributed by atoms with Crippen molar-refractivity contribution in [1.82, 2.24) is 15.0 Å². The second-order valence-electron chi connectivity index (χ2n) is 5.04. The van der Waals surface area contributed by atoms with Crippen LogP contribution in [0.2, 0.25) is 0 Å². The molecule has 0 radical (unpaired) electrons. The van der Waals surface area contributed by atoms with Crippen LogP contribution in [-0.4, -0.2) is 39.2 Å². The van der Waals surface area contributed by atoms with Crippen LogP contribution in [0.5, 0.6) is 0 Å². The number of likely N-dealkylation sites (tertiary alicyclic amines) is 1. The molecule has 1 aliphatic heterocycles. The third kappa shape index (κ3) is 2.85. The number of benzene rings is 1. The quantitative estimate of drug-likeness (QED) is 0.892. The molecule has 1 N–H and O–H groups in total. The van der Waals surface area contributed by atoms with Crippen molar-refractivity contribution >= 4 is 5.97 Å². The van der Waals surface area contributed by atoms with Crippen LogP contribution in [0.15, 0.2) is 34.9 Å². The molecule has 6 nitrogen and oxygen atoms in total. The van der Waals surface area contributed by atoms with E-state index in [9.17, 15) is 4.79 Å². The van der Waals surface area contributed by atoms with Crippen LogP contribution >= 0.6 is 0 Å². The summed E-state index contributed by atoms with van der Waals surface area (Å²) in [4.78, 5) is 17.0. The molecule has 3 rings (SSSR count). The van der Waals surface area contributed by atoms with E-state index in [0.29, 0.717) is 18.3 Å². The Morgan fingerprint density at radius 3 is 2.80 bits per heavy atom. The lowest BCUT2D eigenvalue weighted by molar-refractivity contribution is -0.139. The molecule has 1 aromatic heterocycles. The lowest BCUT2D eigenvalue weighted by Gasteiger charge is -2.37. The van der Waals surface area contributed by atoms with Gasteiger partial charge in [-0.2, -0.15) is 4.98 Å². The van der Waals surface area contributed by atoms with Gasteiger partial charge in [0.15, 0.2) is 0 Å². The fourth-order valence-electron chi connectivity index (χ4n) is 2.40. The molecular weight excluding hydrogens is 258 g/mol. The molecule has 0 unspecified atom stereocenters. The molecule has 2 aromatic rings. The largest absolute Gasteiger partial charge is 0.481 e. The van der Waals surface area contributed by atoms with Gasteiger partial charge >= 0.3 is 5.97 Å². The fourth-order valence-corrected chi connectivity index (χ4v) is 2.40. The molecule has 0 spiro atoms. The minimum atomic E-state index is -0.737. The smallest absolute Gasteiger partial charge is 0.303 e. The van der Waals surface area contributed by atoms with Gasteiger partial charge in [0, 0.05) is 18.7 Å². The van der Waals surface area contributed by atoms with Crippen LogP contribution in [0.25, 0.3) is 11.4 Å². The summed E-state index contributed by atoms with van der Waals surface area (Å²) in [5.41, 5.74) is 0.926. The van der Waals surface area contributed by atoms with E-state index in [1.165, 1.54) is 0 Å². The number of aromatic nitrogens is 2. The van der Waals surface area contributed by atoms with Gasteiger partial charge in [-0.05, 0) is 5.92 Å². The summed E-state index contributed by atoms with van der Waals surface area (Å²) in [6, 6.07) is 9.66. The van der Waals surface area contributed by atoms with Crippen LogP contribution in [0, 0.1) is 5.92 Å². The monoisotopic (exact) mass is 273 g/mol. The van der Waals surface area contributed by atoms with Gasteiger partial charge in [-0.25, -0.2) is 0 Å². The van der Waals surface area contributed by atoms with Gasteiger partial charge in [0.05, 0.1) is 13.0 Å². The summed E-state index contributed by atoms with van der Waals surface area (Å²) in [5, 5.41) is 12.7. The first-order valence-electron chi connectivity index (χ1n) is 6.53. The summed E-state index contributed by atoms with van der Waals surface area (Å²) < 4.78 is 5.22. The lowest BCUT2D eigenvalue weighted by atomic mass is 9.97. The van der Waals surface area contributed by atoms with Crippen molar-refractivity contribution in [1.29, 1.82) is 0 Å². The average molecular weight is 273 g/mol. The van der Waals surface area contributed by atoms with E-state index in [1.54, 1.807) is 0 Å². The maximum atomic E-state index is 10.6. The van der Waals surface area contributed by atoms with Gasteiger partial charge in [0.1, 0.15) is 0 Å². The van der Waals surface area contributed by atoms with Crippen LogP contribution in [0.1, 0.15) is 12.3 Å². The SMILES string of the molecule is O=C(O)CC1CN(Cc2nc(-c3ccccc3)no2)C1. The number of hydrogen-bond acceptors (Lipinski definition) is 5. The second kappa shape index (κ2) is 5.42. The first-order valence-corrected chi connectivity index (χ1v) is 6.53. The van der Waals surface area contributed by atoms with Crippen molar-refractivity contribution in [2.24, 2.45) is 5.92 Å².